The van der Waals surface area contributed by atoms with E-state index in [2.05, 4.69) is 9.80 Å². The average Bonchev–Trinajstić information content (AvgIpc) is 2.92. The van der Waals surface area contributed by atoms with Gasteiger partial charge in [-0.25, -0.2) is 4.39 Å². The Morgan fingerprint density at radius 1 is 1.16 bits per heavy atom. The Morgan fingerprint density at radius 2 is 1.96 bits per heavy atom. The van der Waals surface area contributed by atoms with Crippen molar-refractivity contribution in [2.45, 2.75) is 63.5 Å². The fourth-order valence-corrected chi connectivity index (χ4v) is 5.10. The molecule has 0 bridgehead atoms. The van der Waals surface area contributed by atoms with Crippen molar-refractivity contribution in [2.24, 2.45) is 5.41 Å². The molecule has 4 aliphatic rings. The summed E-state index contributed by atoms with van der Waals surface area (Å²) in [5, 5.41) is 9.72. The lowest BCUT2D eigenvalue weighted by Gasteiger charge is -2.42. The summed E-state index contributed by atoms with van der Waals surface area (Å²) in [7, 11) is 0. The monoisotopic (exact) mass is 347 g/mol. The summed E-state index contributed by atoms with van der Waals surface area (Å²) in [6.45, 7) is 2.29. The number of carbonyl (C=O) groups excluding carboxylic acids is 1. The number of aliphatic hydroxyl groups excluding tert-OH is 1. The molecule has 2 saturated heterocycles. The second-order valence-electron chi connectivity index (χ2n) is 8.09. The van der Waals surface area contributed by atoms with E-state index in [-0.39, 0.29) is 29.3 Å². The number of halogens is 1. The maximum absolute atomic E-state index is 14.2. The van der Waals surface area contributed by atoms with Crippen LogP contribution in [0.2, 0.25) is 0 Å². The van der Waals surface area contributed by atoms with Crippen LogP contribution in [-0.4, -0.2) is 52.6 Å². The Labute approximate surface area is 149 Å². The molecular formula is C20H28FN2O2. The Bertz CT molecular complexity index is 595. The number of hydrogen-bond donors (Lipinski definition) is 1. The van der Waals surface area contributed by atoms with Crippen LogP contribution in [0.15, 0.2) is 23.7 Å². The summed E-state index contributed by atoms with van der Waals surface area (Å²) in [6.07, 6.45) is 12.0. The van der Waals surface area contributed by atoms with Crippen molar-refractivity contribution in [3.05, 3.63) is 30.1 Å². The summed E-state index contributed by atoms with van der Waals surface area (Å²) in [6, 6.07) is 0.283. The summed E-state index contributed by atoms with van der Waals surface area (Å²) in [5.41, 5.74) is 0.338. The second-order valence-corrected chi connectivity index (χ2v) is 8.09. The molecule has 137 valence electrons. The highest BCUT2D eigenvalue weighted by atomic mass is 19.1. The van der Waals surface area contributed by atoms with Crippen molar-refractivity contribution in [3.8, 4) is 0 Å². The topological polar surface area (TPSA) is 43.8 Å². The number of amides is 1. The Kier molecular flexibility index (Phi) is 4.61. The van der Waals surface area contributed by atoms with Gasteiger partial charge in [0.25, 0.3) is 0 Å². The molecule has 2 heterocycles. The SMILES string of the molecule is O=C1N([C@H]2CC[C@H](O)CC2)CC[C@@]12CCCN(C1=CC[CH]C=C1F)C2. The number of likely N-dealkylation sites (tertiary alicyclic amines) is 2. The molecule has 1 radical (unpaired) electrons. The third-order valence-corrected chi connectivity index (χ3v) is 6.53. The third-order valence-electron chi connectivity index (χ3n) is 6.53. The first-order valence-corrected chi connectivity index (χ1v) is 9.73. The number of nitrogens with zero attached hydrogens (tertiary/aromatic N) is 2. The van der Waals surface area contributed by atoms with Gasteiger partial charge in [0.2, 0.25) is 5.91 Å². The maximum atomic E-state index is 14.2. The van der Waals surface area contributed by atoms with Crippen molar-refractivity contribution < 1.29 is 14.3 Å². The summed E-state index contributed by atoms with van der Waals surface area (Å²) >= 11 is 0. The van der Waals surface area contributed by atoms with Crippen molar-refractivity contribution in [1.82, 2.24) is 9.80 Å². The van der Waals surface area contributed by atoms with Crippen molar-refractivity contribution >= 4 is 5.91 Å². The highest BCUT2D eigenvalue weighted by molar-refractivity contribution is 5.85. The van der Waals surface area contributed by atoms with Gasteiger partial charge in [0.15, 0.2) is 0 Å². The lowest BCUT2D eigenvalue weighted by atomic mass is 9.78. The van der Waals surface area contributed by atoms with Gasteiger partial charge in [-0.3, -0.25) is 4.79 Å². The fourth-order valence-electron chi connectivity index (χ4n) is 5.10. The molecule has 4 nitrogen and oxygen atoms in total. The first-order valence-electron chi connectivity index (χ1n) is 9.73. The predicted molar refractivity (Wildman–Crippen MR) is 94.0 cm³/mol. The Hall–Kier alpha value is -1.36. The molecule has 5 heteroatoms. The van der Waals surface area contributed by atoms with Gasteiger partial charge in [-0.1, -0.05) is 6.08 Å². The molecule has 1 atom stereocenters. The lowest BCUT2D eigenvalue weighted by Crippen LogP contribution is -2.49. The smallest absolute Gasteiger partial charge is 0.230 e. The van der Waals surface area contributed by atoms with Gasteiger partial charge in [0.1, 0.15) is 5.83 Å². The maximum Gasteiger partial charge on any atom is 0.230 e. The van der Waals surface area contributed by atoms with E-state index in [1.807, 2.05) is 12.5 Å². The quantitative estimate of drug-likeness (QED) is 0.835. The molecule has 25 heavy (non-hydrogen) atoms. The Morgan fingerprint density at radius 3 is 2.72 bits per heavy atom. The van der Waals surface area contributed by atoms with Crippen LogP contribution in [0, 0.1) is 11.8 Å². The van der Waals surface area contributed by atoms with Crippen LogP contribution >= 0.6 is 0 Å². The molecular weight excluding hydrogens is 319 g/mol. The molecule has 0 unspecified atom stereocenters. The van der Waals surface area contributed by atoms with Gasteiger partial charge >= 0.3 is 0 Å². The molecule has 1 N–H and O–H groups in total. The van der Waals surface area contributed by atoms with Crippen LogP contribution in [0.3, 0.4) is 0 Å². The number of allylic oxidation sites excluding steroid dienone is 3. The molecule has 2 aliphatic heterocycles. The standard InChI is InChI=1S/C20H28FN2O2/c21-17-4-1-2-5-18(17)22-12-3-10-20(14-22)11-13-23(19(20)25)15-6-8-16(24)9-7-15/h1,4-5,15-16,24H,2-3,6-14H2/t15-,16-,20-/m1/s1. The molecule has 1 amide bonds. The lowest BCUT2D eigenvalue weighted by molar-refractivity contribution is -0.141. The minimum atomic E-state index is -0.337. The highest BCUT2D eigenvalue weighted by Crippen LogP contribution is 2.44. The first-order chi connectivity index (χ1) is 12.1. The van der Waals surface area contributed by atoms with E-state index in [4.69, 9.17) is 0 Å². The van der Waals surface area contributed by atoms with Crippen LogP contribution in [0.25, 0.3) is 0 Å². The zero-order valence-electron chi connectivity index (χ0n) is 14.8. The van der Waals surface area contributed by atoms with Gasteiger partial charge in [-0.15, -0.1) is 0 Å². The van der Waals surface area contributed by atoms with Gasteiger partial charge in [-0.05, 0) is 63.9 Å². The van der Waals surface area contributed by atoms with Crippen molar-refractivity contribution in [1.29, 1.82) is 0 Å². The molecule has 3 fully saturated rings. The summed E-state index contributed by atoms with van der Waals surface area (Å²) in [4.78, 5) is 17.4. The number of hydrogen-bond acceptors (Lipinski definition) is 3. The van der Waals surface area contributed by atoms with Crippen LogP contribution in [0.5, 0.6) is 0 Å². The first kappa shape index (κ1) is 17.1. The fraction of sp³-hybridized carbons (Fsp3) is 0.700. The Balaban J connectivity index is 1.47. The molecule has 1 spiro atoms. The molecule has 0 aromatic carbocycles. The van der Waals surface area contributed by atoms with E-state index in [9.17, 15) is 14.3 Å². The van der Waals surface area contributed by atoms with Crippen LogP contribution in [0.1, 0.15) is 51.4 Å². The minimum Gasteiger partial charge on any atom is -0.393 e. The number of carbonyl (C=O) groups is 1. The van der Waals surface area contributed by atoms with E-state index < -0.39 is 0 Å². The minimum absolute atomic E-state index is 0.174. The predicted octanol–water partition coefficient (Wildman–Crippen LogP) is 2.95. The third kappa shape index (κ3) is 3.12. The summed E-state index contributed by atoms with van der Waals surface area (Å²) < 4.78 is 14.2. The van der Waals surface area contributed by atoms with E-state index in [1.165, 1.54) is 0 Å². The van der Waals surface area contributed by atoms with Crippen molar-refractivity contribution in [3.63, 3.8) is 0 Å². The zero-order valence-corrected chi connectivity index (χ0v) is 14.8. The zero-order chi connectivity index (χ0) is 17.4. The van der Waals surface area contributed by atoms with Gasteiger partial charge in [0.05, 0.1) is 17.2 Å². The molecule has 1 saturated carbocycles. The summed E-state index contributed by atoms with van der Waals surface area (Å²) in [5.74, 6) is 0.0952. The average molecular weight is 347 g/mol. The van der Waals surface area contributed by atoms with Gasteiger partial charge in [0, 0.05) is 25.7 Å². The van der Waals surface area contributed by atoms with Crippen LogP contribution in [0.4, 0.5) is 4.39 Å². The molecule has 0 aromatic heterocycles. The van der Waals surface area contributed by atoms with Crippen LogP contribution in [-0.2, 0) is 4.79 Å². The normalized spacial score (nSPS) is 36.6. The van der Waals surface area contributed by atoms with Crippen LogP contribution < -0.4 is 0 Å². The second kappa shape index (κ2) is 6.75. The van der Waals surface area contributed by atoms with Crippen molar-refractivity contribution in [2.75, 3.05) is 19.6 Å². The number of piperidine rings is 1. The largest absolute Gasteiger partial charge is 0.393 e. The highest BCUT2D eigenvalue weighted by Gasteiger charge is 2.51. The molecule has 2 aliphatic carbocycles. The van der Waals surface area contributed by atoms with Gasteiger partial charge in [-0.2, -0.15) is 0 Å². The van der Waals surface area contributed by atoms with E-state index in [0.29, 0.717) is 12.2 Å². The van der Waals surface area contributed by atoms with E-state index in [1.54, 1.807) is 6.08 Å². The molecule has 4 rings (SSSR count). The molecule has 0 aromatic rings. The number of rotatable bonds is 2. The van der Waals surface area contributed by atoms with E-state index in [0.717, 1.165) is 64.5 Å². The van der Waals surface area contributed by atoms with E-state index >= 15 is 0 Å². The van der Waals surface area contributed by atoms with Gasteiger partial charge < -0.3 is 14.9 Å². The number of aliphatic hydroxyl groups is 1.